The van der Waals surface area contributed by atoms with E-state index in [4.69, 9.17) is 27.9 Å². The van der Waals surface area contributed by atoms with E-state index >= 15 is 0 Å². The van der Waals surface area contributed by atoms with Gasteiger partial charge in [0.2, 0.25) is 0 Å². The molecule has 0 atom stereocenters. The molecule has 0 saturated heterocycles. The van der Waals surface area contributed by atoms with Crippen molar-refractivity contribution in [1.82, 2.24) is 0 Å². The first kappa shape index (κ1) is 24.5. The lowest BCUT2D eigenvalue weighted by atomic mass is 10.1. The Morgan fingerprint density at radius 1 is 0.829 bits per heavy atom. The van der Waals surface area contributed by atoms with E-state index in [0.717, 1.165) is 18.2 Å². The van der Waals surface area contributed by atoms with Gasteiger partial charge in [0.05, 0.1) is 21.2 Å². The molecule has 0 fully saturated rings. The molecule has 0 aliphatic heterocycles. The van der Waals surface area contributed by atoms with Gasteiger partial charge in [0, 0.05) is 10.7 Å². The number of carbonyl (C=O) groups is 1. The fraction of sp³-hybridized carbons (Fsp3) is 0. The number of para-hydroxylation sites is 1. The molecule has 0 bridgehead atoms. The minimum absolute atomic E-state index is 0.00911. The van der Waals surface area contributed by atoms with Crippen molar-refractivity contribution in [3.05, 3.63) is 112 Å². The lowest BCUT2D eigenvalue weighted by Crippen LogP contribution is -2.19. The molecule has 0 aliphatic carbocycles. The summed E-state index contributed by atoms with van der Waals surface area (Å²) >= 11 is 11.6. The summed E-state index contributed by atoms with van der Waals surface area (Å²) in [6.07, 6.45) is 0. The number of carbonyl (C=O) groups excluding carboxylic acids is 1. The van der Waals surface area contributed by atoms with Crippen LogP contribution in [-0.4, -0.2) is 14.3 Å². The molecule has 6 nitrogen and oxygen atoms in total. The summed E-state index contributed by atoms with van der Waals surface area (Å²) in [7, 11) is -4.20. The summed E-state index contributed by atoms with van der Waals surface area (Å²) in [5, 5.41) is 2.85. The van der Waals surface area contributed by atoms with Gasteiger partial charge in [-0.25, -0.2) is 12.8 Å². The number of hydrogen-bond donors (Lipinski definition) is 2. The van der Waals surface area contributed by atoms with Crippen molar-refractivity contribution in [2.75, 3.05) is 10.0 Å². The predicted octanol–water partition coefficient (Wildman–Crippen LogP) is 6.98. The van der Waals surface area contributed by atoms with Crippen molar-refractivity contribution in [3.63, 3.8) is 0 Å². The fourth-order valence-corrected chi connectivity index (χ4v) is 4.54. The third kappa shape index (κ3) is 6.10. The first-order valence-corrected chi connectivity index (χ1v) is 12.4. The molecule has 4 rings (SSSR count). The van der Waals surface area contributed by atoms with Crippen LogP contribution < -0.4 is 14.8 Å². The van der Waals surface area contributed by atoms with E-state index in [2.05, 4.69) is 10.0 Å². The van der Waals surface area contributed by atoms with E-state index in [-0.39, 0.29) is 21.2 Å². The van der Waals surface area contributed by atoms with Crippen LogP contribution in [0.1, 0.15) is 10.4 Å². The van der Waals surface area contributed by atoms with Gasteiger partial charge in [-0.15, -0.1) is 0 Å². The van der Waals surface area contributed by atoms with Crippen molar-refractivity contribution in [1.29, 1.82) is 0 Å². The second kappa shape index (κ2) is 10.4. The second-order valence-electron chi connectivity index (χ2n) is 7.26. The molecule has 0 aliphatic rings. The molecule has 0 saturated carbocycles. The van der Waals surface area contributed by atoms with Gasteiger partial charge in [0.25, 0.3) is 15.9 Å². The number of nitrogens with one attached hydrogen (secondary N) is 2. The first-order valence-electron chi connectivity index (χ1n) is 10.1. The molecular weight excluding hydrogens is 514 g/mol. The highest BCUT2D eigenvalue weighted by Crippen LogP contribution is 2.30. The molecule has 4 aromatic carbocycles. The molecule has 0 radical (unpaired) electrons. The molecule has 0 aromatic heterocycles. The predicted molar refractivity (Wildman–Crippen MR) is 135 cm³/mol. The molecule has 4 aromatic rings. The van der Waals surface area contributed by atoms with E-state index in [0.29, 0.717) is 22.2 Å². The molecule has 0 unspecified atom stereocenters. The van der Waals surface area contributed by atoms with Crippen LogP contribution in [0.4, 0.5) is 15.8 Å². The zero-order chi connectivity index (χ0) is 25.0. The Kier molecular flexibility index (Phi) is 7.25. The Morgan fingerprint density at radius 2 is 1.54 bits per heavy atom. The maximum Gasteiger partial charge on any atom is 0.261 e. The van der Waals surface area contributed by atoms with Gasteiger partial charge < -0.3 is 10.1 Å². The van der Waals surface area contributed by atoms with Crippen LogP contribution >= 0.6 is 23.2 Å². The highest BCUT2D eigenvalue weighted by molar-refractivity contribution is 7.92. The van der Waals surface area contributed by atoms with E-state index < -0.39 is 21.7 Å². The molecular formula is C25H17Cl2FN2O4S. The SMILES string of the molecule is O=C(Nc1ccc(Cl)cc1)c1cc(Oc2ccccc2)ccc1NS(=O)(=O)c1ccc(F)c(Cl)c1. The third-order valence-corrected chi connectivity index (χ3v) is 6.67. The highest BCUT2D eigenvalue weighted by atomic mass is 35.5. The number of anilines is 2. The Morgan fingerprint density at radius 3 is 2.23 bits per heavy atom. The summed E-state index contributed by atoms with van der Waals surface area (Å²) in [6, 6.07) is 22.6. The molecule has 2 N–H and O–H groups in total. The van der Waals surface area contributed by atoms with Crippen LogP contribution in [0.2, 0.25) is 10.0 Å². The van der Waals surface area contributed by atoms with Crippen LogP contribution in [0.3, 0.4) is 0 Å². The Balaban J connectivity index is 1.69. The lowest BCUT2D eigenvalue weighted by molar-refractivity contribution is 0.102. The van der Waals surface area contributed by atoms with Gasteiger partial charge in [-0.05, 0) is 72.8 Å². The van der Waals surface area contributed by atoms with Crippen LogP contribution in [0.25, 0.3) is 0 Å². The molecule has 10 heteroatoms. The Hall–Kier alpha value is -3.59. The molecule has 1 amide bonds. The average Bonchev–Trinajstić information content (AvgIpc) is 2.83. The zero-order valence-corrected chi connectivity index (χ0v) is 20.2. The largest absolute Gasteiger partial charge is 0.457 e. The van der Waals surface area contributed by atoms with Crippen LogP contribution in [0.15, 0.2) is 95.9 Å². The van der Waals surface area contributed by atoms with Gasteiger partial charge >= 0.3 is 0 Å². The molecule has 178 valence electrons. The van der Waals surface area contributed by atoms with Crippen molar-refractivity contribution in [3.8, 4) is 11.5 Å². The van der Waals surface area contributed by atoms with Gasteiger partial charge in [0.15, 0.2) is 0 Å². The third-order valence-electron chi connectivity index (χ3n) is 4.76. The van der Waals surface area contributed by atoms with Crippen LogP contribution in [0, 0.1) is 5.82 Å². The maximum atomic E-state index is 13.5. The number of halogens is 3. The van der Waals surface area contributed by atoms with E-state index in [1.54, 1.807) is 48.5 Å². The van der Waals surface area contributed by atoms with Gasteiger partial charge in [-0.2, -0.15) is 0 Å². The Bertz CT molecular complexity index is 1480. The van der Waals surface area contributed by atoms with E-state index in [1.807, 2.05) is 6.07 Å². The highest BCUT2D eigenvalue weighted by Gasteiger charge is 2.21. The standard InChI is InChI=1S/C25H17Cl2FN2O4S/c26-16-6-8-17(9-7-16)29-25(31)21-14-19(34-18-4-2-1-3-5-18)10-13-24(21)30-35(32,33)20-11-12-23(28)22(27)15-20/h1-15,30H,(H,29,31). The van der Waals surface area contributed by atoms with Gasteiger partial charge in [0.1, 0.15) is 17.3 Å². The lowest BCUT2D eigenvalue weighted by Gasteiger charge is -2.15. The minimum atomic E-state index is -4.20. The number of benzene rings is 4. The van der Waals surface area contributed by atoms with Crippen molar-refractivity contribution >= 4 is 50.5 Å². The Labute approximate surface area is 211 Å². The van der Waals surface area contributed by atoms with Crippen LogP contribution in [0.5, 0.6) is 11.5 Å². The number of sulfonamides is 1. The molecule has 35 heavy (non-hydrogen) atoms. The number of ether oxygens (including phenoxy) is 1. The quantitative estimate of drug-likeness (QED) is 0.270. The fourth-order valence-electron chi connectivity index (χ4n) is 3.07. The van der Waals surface area contributed by atoms with Gasteiger partial charge in [-0.3, -0.25) is 9.52 Å². The summed E-state index contributed by atoms with van der Waals surface area (Å²) < 4.78 is 47.6. The maximum absolute atomic E-state index is 13.5. The summed E-state index contributed by atoms with van der Waals surface area (Å²) in [6.45, 7) is 0. The molecule has 0 spiro atoms. The van der Waals surface area contributed by atoms with Crippen molar-refractivity contribution < 1.29 is 22.3 Å². The summed E-state index contributed by atoms with van der Waals surface area (Å²) in [4.78, 5) is 12.9. The molecule has 0 heterocycles. The topological polar surface area (TPSA) is 84.5 Å². The smallest absolute Gasteiger partial charge is 0.261 e. The first-order chi connectivity index (χ1) is 16.7. The van der Waals surface area contributed by atoms with E-state index in [9.17, 15) is 17.6 Å². The number of hydrogen-bond acceptors (Lipinski definition) is 4. The van der Waals surface area contributed by atoms with E-state index in [1.165, 1.54) is 18.2 Å². The minimum Gasteiger partial charge on any atom is -0.457 e. The van der Waals surface area contributed by atoms with Crippen LogP contribution in [-0.2, 0) is 10.0 Å². The monoisotopic (exact) mass is 530 g/mol. The number of rotatable bonds is 7. The van der Waals surface area contributed by atoms with Gasteiger partial charge in [-0.1, -0.05) is 41.4 Å². The summed E-state index contributed by atoms with van der Waals surface area (Å²) in [5.74, 6) is -0.507. The number of amides is 1. The summed E-state index contributed by atoms with van der Waals surface area (Å²) in [5.41, 5.74) is 0.426. The zero-order valence-electron chi connectivity index (χ0n) is 17.8. The second-order valence-corrected chi connectivity index (χ2v) is 9.79. The van der Waals surface area contributed by atoms with Crippen molar-refractivity contribution in [2.24, 2.45) is 0 Å². The average molecular weight is 531 g/mol. The van der Waals surface area contributed by atoms with Crippen molar-refractivity contribution in [2.45, 2.75) is 4.90 Å². The normalized spacial score (nSPS) is 11.1.